The van der Waals surface area contributed by atoms with Crippen LogP contribution in [0.15, 0.2) is 74.8 Å². The van der Waals surface area contributed by atoms with Crippen LogP contribution in [0, 0.1) is 6.92 Å². The Morgan fingerprint density at radius 2 is 1.50 bits per heavy atom. The summed E-state index contributed by atoms with van der Waals surface area (Å²) >= 11 is 3.33. The first-order valence-corrected chi connectivity index (χ1v) is 11.8. The minimum atomic E-state index is -3.54. The number of halogens is 1. The van der Waals surface area contributed by atoms with Crippen molar-refractivity contribution in [2.75, 3.05) is 31.1 Å². The Hall–Kier alpha value is -2.49. The standard InChI is InChI=1S/C21H21BrN4O3S/c1-16-2-6-18(7-3-16)26-21(27)11-10-20(23-26)24-12-14-25(15-13-24)30(28,29)19-8-4-17(22)5-9-19/h2-11H,12-15H2,1H3. The highest BCUT2D eigenvalue weighted by Gasteiger charge is 2.29. The van der Waals surface area contributed by atoms with Crippen molar-refractivity contribution in [1.82, 2.24) is 14.1 Å². The van der Waals surface area contributed by atoms with Crippen molar-refractivity contribution >= 4 is 31.8 Å². The van der Waals surface area contributed by atoms with Gasteiger partial charge in [-0.3, -0.25) is 4.79 Å². The van der Waals surface area contributed by atoms with E-state index in [1.165, 1.54) is 15.1 Å². The number of anilines is 1. The second-order valence-electron chi connectivity index (χ2n) is 7.12. The van der Waals surface area contributed by atoms with Gasteiger partial charge in [0.25, 0.3) is 5.56 Å². The summed E-state index contributed by atoms with van der Waals surface area (Å²) in [6, 6.07) is 17.4. The smallest absolute Gasteiger partial charge is 0.271 e. The van der Waals surface area contributed by atoms with Gasteiger partial charge in [0.15, 0.2) is 0 Å². The lowest BCUT2D eigenvalue weighted by atomic mass is 10.2. The lowest BCUT2D eigenvalue weighted by Gasteiger charge is -2.34. The van der Waals surface area contributed by atoms with E-state index in [1.54, 1.807) is 30.3 Å². The average molecular weight is 489 g/mol. The van der Waals surface area contributed by atoms with E-state index < -0.39 is 10.0 Å². The molecule has 1 aliphatic heterocycles. The van der Waals surface area contributed by atoms with E-state index in [4.69, 9.17) is 0 Å². The molecule has 3 aromatic rings. The van der Waals surface area contributed by atoms with Gasteiger partial charge in [-0.05, 0) is 49.4 Å². The molecule has 9 heteroatoms. The molecule has 2 heterocycles. The summed E-state index contributed by atoms with van der Waals surface area (Å²) in [6.07, 6.45) is 0. The molecule has 2 aromatic carbocycles. The maximum Gasteiger partial charge on any atom is 0.271 e. The number of rotatable bonds is 4. The SMILES string of the molecule is Cc1ccc(-n2nc(N3CCN(S(=O)(=O)c4ccc(Br)cc4)CC3)ccc2=O)cc1. The monoisotopic (exact) mass is 488 g/mol. The number of benzene rings is 2. The highest BCUT2D eigenvalue weighted by atomic mass is 79.9. The molecule has 0 atom stereocenters. The van der Waals surface area contributed by atoms with Crippen LogP contribution in [0.2, 0.25) is 0 Å². The third-order valence-electron chi connectivity index (χ3n) is 5.08. The maximum absolute atomic E-state index is 12.9. The number of hydrogen-bond acceptors (Lipinski definition) is 5. The minimum absolute atomic E-state index is 0.209. The van der Waals surface area contributed by atoms with Gasteiger partial charge < -0.3 is 4.90 Å². The van der Waals surface area contributed by atoms with Crippen LogP contribution in [0.4, 0.5) is 5.82 Å². The summed E-state index contributed by atoms with van der Waals surface area (Å²) < 4.78 is 29.5. The van der Waals surface area contributed by atoms with Gasteiger partial charge in [0.05, 0.1) is 10.6 Å². The van der Waals surface area contributed by atoms with Gasteiger partial charge in [-0.15, -0.1) is 5.10 Å². The number of hydrogen-bond donors (Lipinski definition) is 0. The van der Waals surface area contributed by atoms with Crippen LogP contribution in [0.3, 0.4) is 0 Å². The van der Waals surface area contributed by atoms with Crippen molar-refractivity contribution in [2.24, 2.45) is 0 Å². The molecule has 156 valence electrons. The number of nitrogens with zero attached hydrogens (tertiary/aromatic N) is 4. The Morgan fingerprint density at radius 1 is 0.867 bits per heavy atom. The molecule has 1 aliphatic rings. The molecule has 1 saturated heterocycles. The summed E-state index contributed by atoms with van der Waals surface area (Å²) in [5, 5.41) is 4.51. The highest BCUT2D eigenvalue weighted by molar-refractivity contribution is 9.10. The number of sulfonamides is 1. The number of aromatic nitrogens is 2. The van der Waals surface area contributed by atoms with Gasteiger partial charge in [0.1, 0.15) is 5.82 Å². The Kier molecular flexibility index (Phi) is 5.77. The molecule has 0 unspecified atom stereocenters. The van der Waals surface area contributed by atoms with Crippen molar-refractivity contribution in [3.8, 4) is 5.69 Å². The van der Waals surface area contributed by atoms with Crippen molar-refractivity contribution < 1.29 is 8.42 Å². The third-order valence-corrected chi connectivity index (χ3v) is 7.52. The Balaban J connectivity index is 1.52. The molecule has 0 aliphatic carbocycles. The molecule has 30 heavy (non-hydrogen) atoms. The van der Waals surface area contributed by atoms with Crippen LogP contribution in [0.25, 0.3) is 5.69 Å². The first-order valence-electron chi connectivity index (χ1n) is 9.53. The lowest BCUT2D eigenvalue weighted by molar-refractivity contribution is 0.383. The van der Waals surface area contributed by atoms with Crippen LogP contribution in [-0.2, 0) is 10.0 Å². The van der Waals surface area contributed by atoms with E-state index in [0.29, 0.717) is 37.7 Å². The zero-order valence-corrected chi connectivity index (χ0v) is 18.8. The normalized spacial score (nSPS) is 15.3. The van der Waals surface area contributed by atoms with Crippen LogP contribution in [0.5, 0.6) is 0 Å². The first-order chi connectivity index (χ1) is 14.3. The van der Waals surface area contributed by atoms with Crippen molar-refractivity contribution in [1.29, 1.82) is 0 Å². The second-order valence-corrected chi connectivity index (χ2v) is 9.98. The summed E-state index contributed by atoms with van der Waals surface area (Å²) in [5.41, 5.74) is 1.59. The quantitative estimate of drug-likeness (QED) is 0.564. The van der Waals surface area contributed by atoms with Crippen molar-refractivity contribution in [3.05, 3.63) is 81.1 Å². The highest BCUT2D eigenvalue weighted by Crippen LogP contribution is 2.21. The fourth-order valence-corrected chi connectivity index (χ4v) is 5.04. The van der Waals surface area contributed by atoms with Crippen LogP contribution >= 0.6 is 15.9 Å². The van der Waals surface area contributed by atoms with E-state index >= 15 is 0 Å². The maximum atomic E-state index is 12.9. The van der Waals surface area contributed by atoms with Gasteiger partial charge >= 0.3 is 0 Å². The van der Waals surface area contributed by atoms with E-state index in [2.05, 4.69) is 21.0 Å². The van der Waals surface area contributed by atoms with Crippen molar-refractivity contribution in [2.45, 2.75) is 11.8 Å². The molecule has 0 amide bonds. The van der Waals surface area contributed by atoms with E-state index in [-0.39, 0.29) is 10.5 Å². The van der Waals surface area contributed by atoms with Crippen LogP contribution in [-0.4, -0.2) is 48.7 Å². The first kappa shape index (κ1) is 20.8. The van der Waals surface area contributed by atoms with E-state index in [9.17, 15) is 13.2 Å². The van der Waals surface area contributed by atoms with Gasteiger partial charge in [-0.25, -0.2) is 8.42 Å². The zero-order valence-electron chi connectivity index (χ0n) is 16.4. The minimum Gasteiger partial charge on any atom is -0.353 e. The van der Waals surface area contributed by atoms with E-state index in [1.807, 2.05) is 36.1 Å². The van der Waals surface area contributed by atoms with Crippen molar-refractivity contribution in [3.63, 3.8) is 0 Å². The average Bonchev–Trinajstić information content (AvgIpc) is 2.75. The van der Waals surface area contributed by atoms with Gasteiger partial charge in [-0.2, -0.15) is 8.99 Å². The fraction of sp³-hybridized carbons (Fsp3) is 0.238. The number of aryl methyl sites for hydroxylation is 1. The zero-order chi connectivity index (χ0) is 21.3. The van der Waals surface area contributed by atoms with Crippen LogP contribution in [0.1, 0.15) is 5.56 Å². The molecule has 0 saturated carbocycles. The molecule has 1 aromatic heterocycles. The second kappa shape index (κ2) is 8.33. The summed E-state index contributed by atoms with van der Waals surface area (Å²) in [6.45, 7) is 3.68. The molecule has 1 fully saturated rings. The van der Waals surface area contributed by atoms with Gasteiger partial charge in [0.2, 0.25) is 10.0 Å². The Morgan fingerprint density at radius 3 is 2.13 bits per heavy atom. The Labute approximate surface area is 183 Å². The molecule has 4 rings (SSSR count). The van der Waals surface area contributed by atoms with Crippen LogP contribution < -0.4 is 10.5 Å². The molecule has 0 N–H and O–H groups in total. The predicted molar refractivity (Wildman–Crippen MR) is 120 cm³/mol. The number of piperazine rings is 1. The fourth-order valence-electron chi connectivity index (χ4n) is 3.35. The molecule has 0 radical (unpaired) electrons. The predicted octanol–water partition coefficient (Wildman–Crippen LogP) is 2.81. The topological polar surface area (TPSA) is 75.5 Å². The van der Waals surface area contributed by atoms with Gasteiger partial charge in [0, 0.05) is 36.7 Å². The largest absolute Gasteiger partial charge is 0.353 e. The summed E-state index contributed by atoms with van der Waals surface area (Å²) in [5.74, 6) is 0.649. The molecular weight excluding hydrogens is 468 g/mol. The van der Waals surface area contributed by atoms with Gasteiger partial charge in [-0.1, -0.05) is 33.6 Å². The molecule has 0 spiro atoms. The summed E-state index contributed by atoms with van der Waals surface area (Å²) in [7, 11) is -3.54. The van der Waals surface area contributed by atoms with E-state index in [0.717, 1.165) is 10.0 Å². The molecular formula is C21H21BrN4O3S. The molecule has 0 bridgehead atoms. The molecule has 7 nitrogen and oxygen atoms in total. The summed E-state index contributed by atoms with van der Waals surface area (Å²) in [4.78, 5) is 14.6. The third kappa shape index (κ3) is 4.19. The Bertz CT molecular complexity index is 1200. The lowest BCUT2D eigenvalue weighted by Crippen LogP contribution is -2.49.